The molecule has 1 rings (SSSR count). The van der Waals surface area contributed by atoms with Gasteiger partial charge in [-0.15, -0.1) is 11.6 Å². The highest BCUT2D eigenvalue weighted by Gasteiger charge is 2.22. The smallest absolute Gasteiger partial charge is 0.283 e. The zero-order valence-electron chi connectivity index (χ0n) is 7.79. The maximum absolute atomic E-state index is 11.3. The van der Waals surface area contributed by atoms with Gasteiger partial charge in [-0.1, -0.05) is 11.6 Å². The molecule has 0 N–H and O–H groups in total. The van der Waals surface area contributed by atoms with E-state index in [2.05, 4.69) is 0 Å². The SMILES string of the molecule is Cc1cc(Cl)cc(C(=O)CCl)c1[N+](=O)[O-]. The van der Waals surface area contributed by atoms with E-state index in [-0.39, 0.29) is 22.2 Å². The minimum atomic E-state index is -0.606. The number of nitro groups is 1. The molecule has 0 spiro atoms. The van der Waals surface area contributed by atoms with Crippen LogP contribution in [0.1, 0.15) is 15.9 Å². The summed E-state index contributed by atoms with van der Waals surface area (Å²) in [6.07, 6.45) is 0. The molecule has 0 amide bonds. The number of hydrogen-bond acceptors (Lipinski definition) is 3. The number of Topliss-reactive ketones (excluding diaryl/α,β-unsaturated/α-hetero) is 1. The van der Waals surface area contributed by atoms with Gasteiger partial charge in [0.1, 0.15) is 0 Å². The Morgan fingerprint density at radius 2 is 2.13 bits per heavy atom. The van der Waals surface area contributed by atoms with E-state index in [0.29, 0.717) is 5.56 Å². The number of nitro benzene ring substituents is 1. The van der Waals surface area contributed by atoms with Crippen molar-refractivity contribution in [3.63, 3.8) is 0 Å². The van der Waals surface area contributed by atoms with Gasteiger partial charge in [-0.05, 0) is 19.1 Å². The third kappa shape index (κ3) is 2.46. The van der Waals surface area contributed by atoms with Crippen molar-refractivity contribution in [2.45, 2.75) is 6.92 Å². The zero-order valence-corrected chi connectivity index (χ0v) is 9.30. The van der Waals surface area contributed by atoms with Crippen LogP contribution in [-0.4, -0.2) is 16.6 Å². The van der Waals surface area contributed by atoms with E-state index in [4.69, 9.17) is 23.2 Å². The largest absolute Gasteiger partial charge is 0.293 e. The van der Waals surface area contributed by atoms with Crippen LogP contribution < -0.4 is 0 Å². The summed E-state index contributed by atoms with van der Waals surface area (Å²) in [5.74, 6) is -0.811. The highest BCUT2D eigenvalue weighted by molar-refractivity contribution is 6.33. The lowest BCUT2D eigenvalue weighted by atomic mass is 10.1. The van der Waals surface area contributed by atoms with Crippen molar-refractivity contribution in [3.8, 4) is 0 Å². The highest BCUT2D eigenvalue weighted by atomic mass is 35.5. The maximum Gasteiger partial charge on any atom is 0.283 e. The number of carbonyl (C=O) groups excluding carboxylic acids is 1. The van der Waals surface area contributed by atoms with Gasteiger partial charge in [0, 0.05) is 10.6 Å². The molecule has 0 bridgehead atoms. The fourth-order valence-corrected chi connectivity index (χ4v) is 1.68. The van der Waals surface area contributed by atoms with Gasteiger partial charge < -0.3 is 0 Å². The first-order valence-corrected chi connectivity index (χ1v) is 4.92. The highest BCUT2D eigenvalue weighted by Crippen LogP contribution is 2.27. The Labute approximate surface area is 95.9 Å². The molecule has 6 heteroatoms. The molecule has 4 nitrogen and oxygen atoms in total. The molecular formula is C9H7Cl2NO3. The van der Waals surface area contributed by atoms with Gasteiger partial charge >= 0.3 is 0 Å². The maximum atomic E-state index is 11.3. The Bertz CT molecular complexity index is 432. The van der Waals surface area contributed by atoms with Gasteiger partial charge in [0.2, 0.25) is 0 Å². The standard InChI is InChI=1S/C9H7Cl2NO3/c1-5-2-6(11)3-7(8(13)4-10)9(5)12(14)15/h2-3H,4H2,1H3. The molecule has 0 aromatic heterocycles. The first-order chi connectivity index (χ1) is 6.97. The normalized spacial score (nSPS) is 10.1. The number of ketones is 1. The van der Waals surface area contributed by atoms with Gasteiger partial charge in [-0.25, -0.2) is 0 Å². The molecule has 0 unspecified atom stereocenters. The minimum absolute atomic E-state index is 0.0417. The van der Waals surface area contributed by atoms with Gasteiger partial charge in [-0.2, -0.15) is 0 Å². The second-order valence-electron chi connectivity index (χ2n) is 2.93. The molecule has 0 radical (unpaired) electrons. The third-order valence-corrected chi connectivity index (χ3v) is 2.33. The number of aryl methyl sites for hydroxylation is 1. The van der Waals surface area contributed by atoms with Crippen LogP contribution in [0, 0.1) is 17.0 Å². The van der Waals surface area contributed by atoms with Crippen LogP contribution in [0.5, 0.6) is 0 Å². The van der Waals surface area contributed by atoms with Crippen LogP contribution >= 0.6 is 23.2 Å². The quantitative estimate of drug-likeness (QED) is 0.357. The average Bonchev–Trinajstić information content (AvgIpc) is 2.14. The van der Waals surface area contributed by atoms with Crippen LogP contribution in [-0.2, 0) is 0 Å². The minimum Gasteiger partial charge on any atom is -0.293 e. The van der Waals surface area contributed by atoms with Crippen molar-refractivity contribution >= 4 is 34.7 Å². The van der Waals surface area contributed by atoms with Crippen molar-refractivity contribution in [2.24, 2.45) is 0 Å². The average molecular weight is 248 g/mol. The molecule has 0 aliphatic heterocycles. The van der Waals surface area contributed by atoms with Gasteiger partial charge in [0.15, 0.2) is 5.78 Å². The molecule has 15 heavy (non-hydrogen) atoms. The Kier molecular flexibility index (Phi) is 3.66. The fourth-order valence-electron chi connectivity index (χ4n) is 1.26. The number of carbonyl (C=O) groups is 1. The number of alkyl halides is 1. The second-order valence-corrected chi connectivity index (χ2v) is 3.64. The molecule has 0 fully saturated rings. The van der Waals surface area contributed by atoms with Gasteiger partial charge in [0.25, 0.3) is 5.69 Å². The fraction of sp³-hybridized carbons (Fsp3) is 0.222. The topological polar surface area (TPSA) is 60.2 Å². The summed E-state index contributed by atoms with van der Waals surface area (Å²) >= 11 is 11.1. The Morgan fingerprint density at radius 1 is 1.53 bits per heavy atom. The third-order valence-electron chi connectivity index (χ3n) is 1.87. The molecule has 0 saturated heterocycles. The summed E-state index contributed by atoms with van der Waals surface area (Å²) < 4.78 is 0. The molecule has 1 aromatic carbocycles. The Balaban J connectivity index is 3.46. The second kappa shape index (κ2) is 4.59. The lowest BCUT2D eigenvalue weighted by molar-refractivity contribution is -0.385. The summed E-state index contributed by atoms with van der Waals surface area (Å²) in [5, 5.41) is 11.0. The van der Waals surface area contributed by atoms with Crippen LogP contribution in [0.4, 0.5) is 5.69 Å². The molecule has 1 aromatic rings. The van der Waals surface area contributed by atoms with E-state index in [0.717, 1.165) is 0 Å². The van der Waals surface area contributed by atoms with Crippen molar-refractivity contribution in [2.75, 3.05) is 5.88 Å². The molecule has 0 aliphatic carbocycles. The molecular weight excluding hydrogens is 241 g/mol. The lowest BCUT2D eigenvalue weighted by Gasteiger charge is -2.03. The van der Waals surface area contributed by atoms with Crippen LogP contribution in [0.25, 0.3) is 0 Å². The first kappa shape index (κ1) is 11.9. The van der Waals surface area contributed by atoms with Gasteiger partial charge in [-0.3, -0.25) is 14.9 Å². The summed E-state index contributed by atoms with van der Waals surface area (Å²) in [4.78, 5) is 21.5. The summed E-state index contributed by atoms with van der Waals surface area (Å²) in [7, 11) is 0. The number of rotatable bonds is 3. The number of nitrogens with zero attached hydrogens (tertiary/aromatic N) is 1. The van der Waals surface area contributed by atoms with Crippen LogP contribution in [0.2, 0.25) is 5.02 Å². The van der Waals surface area contributed by atoms with E-state index < -0.39 is 10.7 Å². The number of hydrogen-bond donors (Lipinski definition) is 0. The van der Waals surface area contributed by atoms with Crippen molar-refractivity contribution in [3.05, 3.63) is 38.4 Å². The van der Waals surface area contributed by atoms with Crippen molar-refractivity contribution in [1.82, 2.24) is 0 Å². The first-order valence-electron chi connectivity index (χ1n) is 4.01. The van der Waals surface area contributed by atoms with Crippen molar-refractivity contribution in [1.29, 1.82) is 0 Å². The van der Waals surface area contributed by atoms with E-state index in [1.54, 1.807) is 0 Å². The van der Waals surface area contributed by atoms with Crippen LogP contribution in [0.3, 0.4) is 0 Å². The lowest BCUT2D eigenvalue weighted by Crippen LogP contribution is -2.06. The van der Waals surface area contributed by atoms with Gasteiger partial charge in [0.05, 0.1) is 16.4 Å². The van der Waals surface area contributed by atoms with Crippen molar-refractivity contribution < 1.29 is 9.72 Å². The molecule has 0 saturated carbocycles. The number of benzene rings is 1. The summed E-state index contributed by atoms with van der Waals surface area (Å²) in [6, 6.07) is 2.70. The Hall–Kier alpha value is -1.13. The van der Waals surface area contributed by atoms with Crippen LogP contribution in [0.15, 0.2) is 12.1 Å². The monoisotopic (exact) mass is 247 g/mol. The zero-order chi connectivity index (χ0) is 11.6. The number of halogens is 2. The molecule has 0 aliphatic rings. The predicted octanol–water partition coefficient (Wildman–Crippen LogP) is 2.98. The molecule has 0 atom stereocenters. The Morgan fingerprint density at radius 3 is 2.60 bits per heavy atom. The van der Waals surface area contributed by atoms with E-state index in [9.17, 15) is 14.9 Å². The van der Waals surface area contributed by atoms with E-state index in [1.807, 2.05) is 0 Å². The molecule has 80 valence electrons. The predicted molar refractivity (Wildman–Crippen MR) is 57.9 cm³/mol. The summed E-state index contributed by atoms with van der Waals surface area (Å²) in [5.41, 5.74) is 0.0750. The van der Waals surface area contributed by atoms with E-state index in [1.165, 1.54) is 19.1 Å². The summed E-state index contributed by atoms with van der Waals surface area (Å²) in [6.45, 7) is 1.52. The van der Waals surface area contributed by atoms with E-state index >= 15 is 0 Å². The molecule has 0 heterocycles.